The molecule has 1 saturated heterocycles. The van der Waals surface area contributed by atoms with Crippen molar-refractivity contribution in [2.75, 3.05) is 11.9 Å². The Balaban J connectivity index is 1.43. The molecule has 170 valence electrons. The summed E-state index contributed by atoms with van der Waals surface area (Å²) < 4.78 is 32.8. The van der Waals surface area contributed by atoms with E-state index in [1.165, 1.54) is 28.7 Å². The van der Waals surface area contributed by atoms with Crippen molar-refractivity contribution < 1.29 is 22.7 Å². The van der Waals surface area contributed by atoms with Crippen LogP contribution >= 0.6 is 0 Å². The number of amides is 2. The quantitative estimate of drug-likeness (QED) is 0.550. The SMILES string of the molecule is NC(=O)c1cccc(Oc2ccc(NC(=O)C3CCCN3S(=O)(=O)c3ccccc3)cn2)c1. The van der Waals surface area contributed by atoms with Crippen LogP contribution in [0.1, 0.15) is 23.2 Å². The highest BCUT2D eigenvalue weighted by Gasteiger charge is 2.39. The van der Waals surface area contributed by atoms with Gasteiger partial charge in [-0.2, -0.15) is 4.31 Å². The Labute approximate surface area is 191 Å². The minimum atomic E-state index is -3.77. The van der Waals surface area contributed by atoms with Gasteiger partial charge in [-0.1, -0.05) is 24.3 Å². The first-order valence-electron chi connectivity index (χ1n) is 10.3. The molecule has 2 heterocycles. The highest BCUT2D eigenvalue weighted by atomic mass is 32.2. The lowest BCUT2D eigenvalue weighted by molar-refractivity contribution is -0.119. The number of benzene rings is 2. The van der Waals surface area contributed by atoms with Crippen molar-refractivity contribution in [3.05, 3.63) is 78.5 Å². The minimum absolute atomic E-state index is 0.160. The molecular weight excluding hydrogens is 444 g/mol. The number of aromatic nitrogens is 1. The van der Waals surface area contributed by atoms with Crippen molar-refractivity contribution in [2.45, 2.75) is 23.8 Å². The number of carbonyl (C=O) groups excluding carboxylic acids is 2. The third-order valence-electron chi connectivity index (χ3n) is 5.20. The summed E-state index contributed by atoms with van der Waals surface area (Å²) in [5, 5.41) is 2.73. The zero-order valence-corrected chi connectivity index (χ0v) is 18.4. The topological polar surface area (TPSA) is 132 Å². The molecule has 2 amide bonds. The maximum Gasteiger partial charge on any atom is 0.248 e. The molecule has 0 radical (unpaired) electrons. The van der Waals surface area contributed by atoms with Gasteiger partial charge in [0.1, 0.15) is 11.8 Å². The Morgan fingerprint density at radius 3 is 2.55 bits per heavy atom. The van der Waals surface area contributed by atoms with E-state index in [0.717, 1.165) is 0 Å². The van der Waals surface area contributed by atoms with Gasteiger partial charge in [0.05, 0.1) is 16.8 Å². The highest BCUT2D eigenvalue weighted by molar-refractivity contribution is 7.89. The van der Waals surface area contributed by atoms with Crippen LogP contribution in [0.2, 0.25) is 0 Å². The molecule has 1 fully saturated rings. The Kier molecular flexibility index (Phi) is 6.38. The van der Waals surface area contributed by atoms with E-state index in [2.05, 4.69) is 10.3 Å². The molecule has 4 rings (SSSR count). The summed E-state index contributed by atoms with van der Waals surface area (Å²) in [5.74, 6) is -0.342. The van der Waals surface area contributed by atoms with Crippen LogP contribution < -0.4 is 15.8 Å². The molecule has 1 unspecified atom stereocenters. The van der Waals surface area contributed by atoms with Crippen molar-refractivity contribution in [1.82, 2.24) is 9.29 Å². The van der Waals surface area contributed by atoms with Crippen LogP contribution in [0.4, 0.5) is 5.69 Å². The van der Waals surface area contributed by atoms with E-state index in [0.29, 0.717) is 29.8 Å². The first-order chi connectivity index (χ1) is 15.8. The Bertz CT molecular complexity index is 1260. The zero-order chi connectivity index (χ0) is 23.4. The van der Waals surface area contributed by atoms with E-state index in [4.69, 9.17) is 10.5 Å². The number of hydrogen-bond donors (Lipinski definition) is 2. The van der Waals surface area contributed by atoms with Gasteiger partial charge in [0, 0.05) is 18.2 Å². The molecule has 3 aromatic rings. The fourth-order valence-corrected chi connectivity index (χ4v) is 5.27. The van der Waals surface area contributed by atoms with Gasteiger partial charge in [-0.3, -0.25) is 9.59 Å². The lowest BCUT2D eigenvalue weighted by Gasteiger charge is -2.23. The van der Waals surface area contributed by atoms with Gasteiger partial charge in [-0.15, -0.1) is 0 Å². The smallest absolute Gasteiger partial charge is 0.248 e. The largest absolute Gasteiger partial charge is 0.439 e. The standard InChI is InChI=1S/C23H22N4O5S/c24-22(28)16-6-4-7-18(14-16)32-21-12-11-17(15-25-21)26-23(29)20-10-5-13-27(20)33(30,31)19-8-2-1-3-9-19/h1-4,6-9,11-12,14-15,20H,5,10,13H2,(H2,24,28)(H,26,29). The van der Waals surface area contributed by atoms with Gasteiger partial charge in [-0.25, -0.2) is 13.4 Å². The number of anilines is 1. The molecule has 0 spiro atoms. The predicted octanol–water partition coefficient (Wildman–Crippen LogP) is 2.76. The second-order valence-corrected chi connectivity index (χ2v) is 9.35. The lowest BCUT2D eigenvalue weighted by Crippen LogP contribution is -2.43. The van der Waals surface area contributed by atoms with Crippen LogP contribution in [-0.2, 0) is 14.8 Å². The maximum absolute atomic E-state index is 13.0. The highest BCUT2D eigenvalue weighted by Crippen LogP contribution is 2.27. The molecule has 9 nitrogen and oxygen atoms in total. The van der Waals surface area contributed by atoms with Gasteiger partial charge < -0.3 is 15.8 Å². The number of sulfonamides is 1. The number of nitrogens with zero attached hydrogens (tertiary/aromatic N) is 2. The van der Waals surface area contributed by atoms with E-state index in [-0.39, 0.29) is 17.3 Å². The molecule has 0 bridgehead atoms. The molecule has 3 N–H and O–H groups in total. The summed E-state index contributed by atoms with van der Waals surface area (Å²) in [6.45, 7) is 0.282. The first-order valence-corrected chi connectivity index (χ1v) is 11.7. The molecule has 33 heavy (non-hydrogen) atoms. The fourth-order valence-electron chi connectivity index (χ4n) is 3.59. The van der Waals surface area contributed by atoms with Crippen molar-refractivity contribution in [3.63, 3.8) is 0 Å². The molecule has 0 aliphatic carbocycles. The average molecular weight is 467 g/mol. The normalized spacial score (nSPS) is 16.3. The van der Waals surface area contributed by atoms with E-state index in [9.17, 15) is 18.0 Å². The number of hydrogen-bond acceptors (Lipinski definition) is 6. The fraction of sp³-hybridized carbons (Fsp3) is 0.174. The van der Waals surface area contributed by atoms with Crippen molar-refractivity contribution in [1.29, 1.82) is 0 Å². The van der Waals surface area contributed by atoms with Gasteiger partial charge in [0.2, 0.25) is 27.7 Å². The van der Waals surface area contributed by atoms with E-state index >= 15 is 0 Å². The van der Waals surface area contributed by atoms with Crippen molar-refractivity contribution in [3.8, 4) is 11.6 Å². The molecule has 1 aromatic heterocycles. The minimum Gasteiger partial charge on any atom is -0.439 e. The number of carbonyl (C=O) groups is 2. The Morgan fingerprint density at radius 1 is 1.06 bits per heavy atom. The van der Waals surface area contributed by atoms with Crippen LogP contribution in [0.15, 0.2) is 77.8 Å². The molecule has 1 aliphatic rings. The summed E-state index contributed by atoms with van der Waals surface area (Å²) in [5.41, 5.74) is 5.99. The predicted molar refractivity (Wildman–Crippen MR) is 121 cm³/mol. The van der Waals surface area contributed by atoms with Crippen molar-refractivity contribution >= 4 is 27.5 Å². The van der Waals surface area contributed by atoms with E-state index in [1.807, 2.05) is 0 Å². The third-order valence-corrected chi connectivity index (χ3v) is 7.12. The Hall–Kier alpha value is -3.76. The number of nitrogens with two attached hydrogens (primary N) is 1. The van der Waals surface area contributed by atoms with E-state index < -0.39 is 27.9 Å². The number of nitrogens with one attached hydrogen (secondary N) is 1. The van der Waals surface area contributed by atoms with Crippen LogP contribution in [-0.4, -0.2) is 42.1 Å². The summed E-state index contributed by atoms with van der Waals surface area (Å²) in [7, 11) is -3.77. The van der Waals surface area contributed by atoms with E-state index in [1.54, 1.807) is 48.5 Å². The lowest BCUT2D eigenvalue weighted by atomic mass is 10.2. The number of rotatable bonds is 7. The molecule has 10 heteroatoms. The van der Waals surface area contributed by atoms with Gasteiger partial charge in [0.25, 0.3) is 0 Å². The van der Waals surface area contributed by atoms with Gasteiger partial charge in [-0.05, 0) is 49.2 Å². The van der Waals surface area contributed by atoms with Crippen LogP contribution in [0.5, 0.6) is 11.6 Å². The number of ether oxygens (including phenoxy) is 1. The summed E-state index contributed by atoms with van der Waals surface area (Å²) in [4.78, 5) is 28.5. The monoisotopic (exact) mass is 466 g/mol. The molecule has 0 saturated carbocycles. The van der Waals surface area contributed by atoms with Crippen LogP contribution in [0.25, 0.3) is 0 Å². The van der Waals surface area contributed by atoms with Gasteiger partial charge in [0.15, 0.2) is 0 Å². The average Bonchev–Trinajstić information content (AvgIpc) is 3.32. The second-order valence-electron chi connectivity index (χ2n) is 7.46. The Morgan fingerprint density at radius 2 is 1.85 bits per heavy atom. The first kappa shape index (κ1) is 22.4. The van der Waals surface area contributed by atoms with Crippen LogP contribution in [0.3, 0.4) is 0 Å². The summed E-state index contributed by atoms with van der Waals surface area (Å²) in [6, 6.07) is 16.8. The number of primary amides is 1. The molecule has 2 aromatic carbocycles. The molecular formula is C23H22N4O5S. The molecule has 1 atom stereocenters. The maximum atomic E-state index is 13.0. The third kappa shape index (κ3) is 5.02. The zero-order valence-electron chi connectivity index (χ0n) is 17.5. The summed E-state index contributed by atoms with van der Waals surface area (Å²) >= 11 is 0. The number of pyridine rings is 1. The molecule has 1 aliphatic heterocycles. The van der Waals surface area contributed by atoms with Crippen LogP contribution in [0, 0.1) is 0 Å². The second kappa shape index (κ2) is 9.39. The van der Waals surface area contributed by atoms with Gasteiger partial charge >= 0.3 is 0 Å². The van der Waals surface area contributed by atoms with Crippen molar-refractivity contribution in [2.24, 2.45) is 5.73 Å². The summed E-state index contributed by atoms with van der Waals surface area (Å²) in [6.07, 6.45) is 2.44.